The summed E-state index contributed by atoms with van der Waals surface area (Å²) in [4.78, 5) is 2.42. The molecule has 1 aliphatic rings. The molecule has 19 heavy (non-hydrogen) atoms. The predicted octanol–water partition coefficient (Wildman–Crippen LogP) is 4.60. The van der Waals surface area contributed by atoms with Crippen molar-refractivity contribution >= 4 is 5.69 Å². The second kappa shape index (κ2) is 4.41. The second-order valence-electron chi connectivity index (χ2n) is 5.82. The zero-order chi connectivity index (χ0) is 13.6. The molecule has 0 N–H and O–H groups in total. The Balaban J connectivity index is 2.04. The van der Waals surface area contributed by atoms with Gasteiger partial charge in [0.2, 0.25) is 0 Å². The summed E-state index contributed by atoms with van der Waals surface area (Å²) >= 11 is 0. The van der Waals surface area contributed by atoms with Gasteiger partial charge in [0, 0.05) is 18.7 Å². The van der Waals surface area contributed by atoms with Crippen LogP contribution in [0.4, 0.5) is 5.69 Å². The lowest BCUT2D eigenvalue weighted by molar-refractivity contribution is 0.610. The van der Waals surface area contributed by atoms with E-state index in [0.717, 1.165) is 0 Å². The maximum atomic E-state index is 2.42. The summed E-state index contributed by atoms with van der Waals surface area (Å²) in [5.74, 6) is 0.544. The van der Waals surface area contributed by atoms with E-state index in [2.05, 4.69) is 75.2 Å². The molecule has 3 rings (SSSR count). The number of anilines is 1. The summed E-state index contributed by atoms with van der Waals surface area (Å²) in [5, 5.41) is 0. The average Bonchev–Trinajstić information content (AvgIpc) is 2.63. The molecule has 2 atom stereocenters. The zero-order valence-electron chi connectivity index (χ0n) is 12.1. The minimum Gasteiger partial charge on any atom is -0.367 e. The first-order chi connectivity index (χ1) is 9.08. The summed E-state index contributed by atoms with van der Waals surface area (Å²) in [5.41, 5.74) is 6.94. The Bertz CT molecular complexity index is 598. The van der Waals surface area contributed by atoms with Crippen LogP contribution in [0.15, 0.2) is 42.5 Å². The first-order valence-electron chi connectivity index (χ1n) is 6.98. The number of benzene rings is 2. The highest BCUT2D eigenvalue weighted by molar-refractivity contribution is 5.63. The van der Waals surface area contributed by atoms with Crippen LogP contribution in [0.3, 0.4) is 0 Å². The normalized spacial score (nSPS) is 21.6. The van der Waals surface area contributed by atoms with Crippen molar-refractivity contribution in [2.45, 2.75) is 32.7 Å². The number of nitrogens with zero attached hydrogens (tertiary/aromatic N) is 1. The van der Waals surface area contributed by atoms with Gasteiger partial charge >= 0.3 is 0 Å². The van der Waals surface area contributed by atoms with Gasteiger partial charge in [0.05, 0.1) is 6.04 Å². The molecule has 1 aliphatic heterocycles. The molecular formula is C18H21N. The van der Waals surface area contributed by atoms with Crippen molar-refractivity contribution in [1.82, 2.24) is 0 Å². The Kier molecular flexibility index (Phi) is 2.85. The molecule has 0 aromatic heterocycles. The molecule has 1 heterocycles. The molecule has 0 saturated carbocycles. The molecule has 0 aliphatic carbocycles. The monoisotopic (exact) mass is 251 g/mol. The van der Waals surface area contributed by atoms with Crippen LogP contribution < -0.4 is 4.90 Å². The van der Waals surface area contributed by atoms with Crippen LogP contribution in [-0.4, -0.2) is 7.05 Å². The molecule has 2 aromatic rings. The van der Waals surface area contributed by atoms with Crippen molar-refractivity contribution in [1.29, 1.82) is 0 Å². The fourth-order valence-corrected chi connectivity index (χ4v) is 3.29. The maximum absolute atomic E-state index is 2.42. The maximum Gasteiger partial charge on any atom is 0.0605 e. The lowest BCUT2D eigenvalue weighted by atomic mass is 9.91. The average molecular weight is 251 g/mol. The number of aryl methyl sites for hydroxylation is 2. The topological polar surface area (TPSA) is 3.24 Å². The van der Waals surface area contributed by atoms with Crippen LogP contribution in [0.2, 0.25) is 0 Å². The van der Waals surface area contributed by atoms with E-state index in [0.29, 0.717) is 12.0 Å². The molecule has 2 unspecified atom stereocenters. The summed E-state index contributed by atoms with van der Waals surface area (Å²) in [7, 11) is 2.21. The summed E-state index contributed by atoms with van der Waals surface area (Å²) in [6.45, 7) is 6.65. The van der Waals surface area contributed by atoms with Gasteiger partial charge in [-0.05, 0) is 31.0 Å². The van der Waals surface area contributed by atoms with E-state index >= 15 is 0 Å². The zero-order valence-corrected chi connectivity index (χ0v) is 12.1. The summed E-state index contributed by atoms with van der Waals surface area (Å²) in [6.07, 6.45) is 0. The Morgan fingerprint density at radius 2 is 1.53 bits per heavy atom. The number of fused-ring (bicyclic) bond motifs is 1. The molecule has 0 spiro atoms. The third-order valence-electron chi connectivity index (χ3n) is 4.36. The molecule has 0 amide bonds. The standard InChI is InChI=1S/C18H21N/c1-12-5-8-15(9-6-12)18-14(3)16-11-13(2)7-10-17(16)19(18)4/h5-11,14,18H,1-4H3. The van der Waals surface area contributed by atoms with E-state index in [4.69, 9.17) is 0 Å². The molecule has 1 heteroatoms. The number of rotatable bonds is 1. The van der Waals surface area contributed by atoms with Crippen molar-refractivity contribution in [3.8, 4) is 0 Å². The minimum absolute atomic E-state index is 0.456. The Morgan fingerprint density at radius 1 is 0.895 bits per heavy atom. The number of likely N-dealkylation sites (N-methyl/N-ethyl adjacent to an activating group) is 1. The lowest BCUT2D eigenvalue weighted by Crippen LogP contribution is -2.21. The first kappa shape index (κ1) is 12.3. The minimum atomic E-state index is 0.456. The van der Waals surface area contributed by atoms with Crippen molar-refractivity contribution in [2.24, 2.45) is 0 Å². The van der Waals surface area contributed by atoms with Crippen molar-refractivity contribution in [3.63, 3.8) is 0 Å². The summed E-state index contributed by atoms with van der Waals surface area (Å²) in [6, 6.07) is 16.2. The van der Waals surface area contributed by atoms with Crippen LogP contribution in [0.5, 0.6) is 0 Å². The first-order valence-corrected chi connectivity index (χ1v) is 6.98. The van der Waals surface area contributed by atoms with Gasteiger partial charge in [-0.3, -0.25) is 0 Å². The number of hydrogen-bond acceptors (Lipinski definition) is 1. The Hall–Kier alpha value is -1.76. The van der Waals surface area contributed by atoms with E-state index in [1.165, 1.54) is 27.9 Å². The van der Waals surface area contributed by atoms with Gasteiger partial charge in [0.1, 0.15) is 0 Å². The smallest absolute Gasteiger partial charge is 0.0605 e. The molecule has 0 fully saturated rings. The Morgan fingerprint density at radius 3 is 2.21 bits per heavy atom. The SMILES string of the molecule is Cc1ccc(C2C(C)c3cc(C)ccc3N2C)cc1. The summed E-state index contributed by atoms with van der Waals surface area (Å²) < 4.78 is 0. The Labute approximate surface area is 115 Å². The third kappa shape index (κ3) is 1.94. The van der Waals surface area contributed by atoms with Gasteiger partial charge in [-0.15, -0.1) is 0 Å². The highest BCUT2D eigenvalue weighted by Gasteiger charge is 2.34. The van der Waals surface area contributed by atoms with E-state index in [1.54, 1.807) is 0 Å². The van der Waals surface area contributed by atoms with Gasteiger partial charge in [0.25, 0.3) is 0 Å². The molecule has 2 aromatic carbocycles. The molecule has 98 valence electrons. The van der Waals surface area contributed by atoms with E-state index in [-0.39, 0.29) is 0 Å². The molecule has 1 nitrogen and oxygen atoms in total. The molecular weight excluding hydrogens is 230 g/mol. The van der Waals surface area contributed by atoms with Crippen LogP contribution in [0.1, 0.15) is 41.1 Å². The van der Waals surface area contributed by atoms with Crippen molar-refractivity contribution < 1.29 is 0 Å². The highest BCUT2D eigenvalue weighted by Crippen LogP contribution is 2.47. The van der Waals surface area contributed by atoms with Crippen LogP contribution >= 0.6 is 0 Å². The van der Waals surface area contributed by atoms with E-state index in [1.807, 2.05) is 0 Å². The largest absolute Gasteiger partial charge is 0.367 e. The number of hydrogen-bond donors (Lipinski definition) is 0. The highest BCUT2D eigenvalue weighted by atomic mass is 15.2. The van der Waals surface area contributed by atoms with Gasteiger partial charge in [-0.2, -0.15) is 0 Å². The van der Waals surface area contributed by atoms with Crippen molar-refractivity contribution in [2.75, 3.05) is 11.9 Å². The third-order valence-corrected chi connectivity index (χ3v) is 4.36. The van der Waals surface area contributed by atoms with Crippen LogP contribution in [0.25, 0.3) is 0 Å². The van der Waals surface area contributed by atoms with Crippen LogP contribution in [0, 0.1) is 13.8 Å². The van der Waals surface area contributed by atoms with E-state index < -0.39 is 0 Å². The van der Waals surface area contributed by atoms with Gasteiger partial charge < -0.3 is 4.90 Å². The van der Waals surface area contributed by atoms with E-state index in [9.17, 15) is 0 Å². The quantitative estimate of drug-likeness (QED) is 0.716. The fraction of sp³-hybridized carbons (Fsp3) is 0.333. The lowest BCUT2D eigenvalue weighted by Gasteiger charge is -2.26. The molecule has 0 saturated heterocycles. The van der Waals surface area contributed by atoms with Crippen LogP contribution in [-0.2, 0) is 0 Å². The van der Waals surface area contributed by atoms with Gasteiger partial charge in [0.15, 0.2) is 0 Å². The van der Waals surface area contributed by atoms with Crippen molar-refractivity contribution in [3.05, 3.63) is 64.7 Å². The van der Waals surface area contributed by atoms with Gasteiger partial charge in [-0.1, -0.05) is 54.4 Å². The van der Waals surface area contributed by atoms with Gasteiger partial charge in [-0.25, -0.2) is 0 Å². The second-order valence-corrected chi connectivity index (χ2v) is 5.82. The fourth-order valence-electron chi connectivity index (χ4n) is 3.29. The molecule has 0 bridgehead atoms. The predicted molar refractivity (Wildman–Crippen MR) is 81.9 cm³/mol. The molecule has 0 radical (unpaired) electrons.